The molecule has 1 aromatic rings. The third-order valence-corrected chi connectivity index (χ3v) is 2.58. The second-order valence-corrected chi connectivity index (χ2v) is 3.36. The Kier molecular flexibility index (Phi) is 2.41. The van der Waals surface area contributed by atoms with Crippen LogP contribution in [0.5, 0.6) is 0 Å². The van der Waals surface area contributed by atoms with Crippen LogP contribution in [0.1, 0.15) is 17.9 Å². The van der Waals surface area contributed by atoms with Crippen LogP contribution in [0, 0.1) is 0 Å². The molecule has 67 valence electrons. The Morgan fingerprint density at radius 2 is 2.08 bits per heavy atom. The summed E-state index contributed by atoms with van der Waals surface area (Å²) in [5, 5.41) is 3.13. The molecular formula is C11H12NO. The van der Waals surface area contributed by atoms with E-state index in [1.807, 2.05) is 18.2 Å². The fraction of sp³-hybridized carbons (Fsp3) is 0.364. The minimum Gasteiger partial charge on any atom is -0.307 e. The van der Waals surface area contributed by atoms with E-state index in [0.29, 0.717) is 5.92 Å². The van der Waals surface area contributed by atoms with Crippen molar-refractivity contribution in [2.75, 3.05) is 6.54 Å². The van der Waals surface area contributed by atoms with Gasteiger partial charge in [-0.2, -0.15) is 0 Å². The van der Waals surface area contributed by atoms with Gasteiger partial charge in [0.15, 0.2) is 0 Å². The Bertz CT molecular complexity index is 283. The molecule has 1 N–H and O–H groups in total. The first kappa shape index (κ1) is 8.45. The molecule has 1 aliphatic rings. The highest BCUT2D eigenvalue weighted by Crippen LogP contribution is 2.26. The molecule has 0 aromatic heterocycles. The maximum absolute atomic E-state index is 10.6. The molecule has 0 amide bonds. The molecule has 0 bridgehead atoms. The van der Waals surface area contributed by atoms with E-state index in [1.54, 1.807) is 0 Å². The van der Waals surface area contributed by atoms with Crippen LogP contribution in [0.4, 0.5) is 0 Å². The fourth-order valence-corrected chi connectivity index (χ4v) is 1.89. The topological polar surface area (TPSA) is 29.1 Å². The van der Waals surface area contributed by atoms with Gasteiger partial charge in [-0.25, -0.2) is 0 Å². The first-order valence-electron chi connectivity index (χ1n) is 4.58. The van der Waals surface area contributed by atoms with Crippen LogP contribution in [-0.4, -0.2) is 18.9 Å². The normalized spacial score (nSPS) is 27.4. The molecule has 0 aliphatic carbocycles. The van der Waals surface area contributed by atoms with Crippen molar-refractivity contribution in [1.29, 1.82) is 0 Å². The average molecular weight is 174 g/mol. The molecule has 1 fully saturated rings. The van der Waals surface area contributed by atoms with Crippen molar-refractivity contribution in [3.8, 4) is 0 Å². The summed E-state index contributed by atoms with van der Waals surface area (Å²) < 4.78 is 0. The average Bonchev–Trinajstić information content (AvgIpc) is 2.67. The lowest BCUT2D eigenvalue weighted by Gasteiger charge is -2.12. The predicted molar refractivity (Wildman–Crippen MR) is 51.3 cm³/mol. The quantitative estimate of drug-likeness (QED) is 0.731. The Hall–Kier alpha value is -1.15. The van der Waals surface area contributed by atoms with Crippen LogP contribution >= 0.6 is 0 Å². The molecule has 1 radical (unpaired) electrons. The summed E-state index contributed by atoms with van der Waals surface area (Å²) >= 11 is 0. The summed E-state index contributed by atoms with van der Waals surface area (Å²) in [6, 6.07) is 10.0. The van der Waals surface area contributed by atoms with Gasteiger partial charge in [-0.05, 0) is 18.5 Å². The SMILES string of the molecule is O=[C][C@@H]1NCC[C@H]1c1ccccc1. The predicted octanol–water partition coefficient (Wildman–Crippen LogP) is 1.24. The Balaban J connectivity index is 2.21. The molecule has 0 saturated carbocycles. The maximum Gasteiger partial charge on any atom is 0.217 e. The number of carbonyl (C=O) groups excluding carboxylic acids is 1. The zero-order valence-corrected chi connectivity index (χ0v) is 7.36. The molecule has 0 spiro atoms. The Labute approximate surface area is 78.0 Å². The van der Waals surface area contributed by atoms with Crippen LogP contribution in [0.3, 0.4) is 0 Å². The minimum atomic E-state index is -0.109. The lowest BCUT2D eigenvalue weighted by atomic mass is 9.93. The molecule has 0 unspecified atom stereocenters. The molecule has 1 heterocycles. The van der Waals surface area contributed by atoms with Gasteiger partial charge >= 0.3 is 0 Å². The van der Waals surface area contributed by atoms with Gasteiger partial charge in [-0.15, -0.1) is 0 Å². The van der Waals surface area contributed by atoms with Gasteiger partial charge in [-0.1, -0.05) is 30.3 Å². The van der Waals surface area contributed by atoms with Gasteiger partial charge in [0, 0.05) is 5.92 Å². The van der Waals surface area contributed by atoms with Crippen LogP contribution in [-0.2, 0) is 4.79 Å². The van der Waals surface area contributed by atoms with E-state index in [1.165, 1.54) is 5.56 Å². The highest BCUT2D eigenvalue weighted by atomic mass is 16.1. The number of hydrogen-bond donors (Lipinski definition) is 1. The summed E-state index contributed by atoms with van der Waals surface area (Å²) in [4.78, 5) is 10.6. The first-order valence-corrected chi connectivity index (χ1v) is 4.58. The molecule has 2 atom stereocenters. The molecule has 2 nitrogen and oxygen atoms in total. The zero-order chi connectivity index (χ0) is 9.10. The highest BCUT2D eigenvalue weighted by Gasteiger charge is 2.27. The van der Waals surface area contributed by atoms with Gasteiger partial charge in [0.2, 0.25) is 6.29 Å². The molecule has 1 saturated heterocycles. The van der Waals surface area contributed by atoms with E-state index < -0.39 is 0 Å². The Morgan fingerprint density at radius 1 is 1.31 bits per heavy atom. The van der Waals surface area contributed by atoms with Gasteiger partial charge < -0.3 is 5.32 Å². The number of benzene rings is 1. The van der Waals surface area contributed by atoms with Gasteiger partial charge in [0.25, 0.3) is 0 Å². The summed E-state index contributed by atoms with van der Waals surface area (Å²) in [6.07, 6.45) is 3.08. The molecule has 2 heteroatoms. The number of nitrogens with one attached hydrogen (secondary N) is 1. The second-order valence-electron chi connectivity index (χ2n) is 3.36. The van der Waals surface area contributed by atoms with E-state index in [4.69, 9.17) is 0 Å². The van der Waals surface area contributed by atoms with Crippen molar-refractivity contribution in [1.82, 2.24) is 5.32 Å². The van der Waals surface area contributed by atoms with Crippen molar-refractivity contribution in [3.63, 3.8) is 0 Å². The van der Waals surface area contributed by atoms with Crippen molar-refractivity contribution < 1.29 is 4.79 Å². The summed E-state index contributed by atoms with van der Waals surface area (Å²) in [5.74, 6) is 0.318. The van der Waals surface area contributed by atoms with E-state index in [2.05, 4.69) is 23.7 Å². The summed E-state index contributed by atoms with van der Waals surface area (Å²) in [7, 11) is 0. The molecule has 13 heavy (non-hydrogen) atoms. The smallest absolute Gasteiger partial charge is 0.217 e. The monoisotopic (exact) mass is 174 g/mol. The van der Waals surface area contributed by atoms with Gasteiger partial charge in [0.1, 0.15) is 0 Å². The number of hydrogen-bond acceptors (Lipinski definition) is 2. The van der Waals surface area contributed by atoms with Crippen molar-refractivity contribution in [3.05, 3.63) is 35.9 Å². The zero-order valence-electron chi connectivity index (χ0n) is 7.36. The molecule has 1 aliphatic heterocycles. The molecule has 2 rings (SSSR count). The van der Waals surface area contributed by atoms with E-state index in [-0.39, 0.29) is 6.04 Å². The highest BCUT2D eigenvalue weighted by molar-refractivity contribution is 5.61. The van der Waals surface area contributed by atoms with Crippen molar-refractivity contribution in [2.45, 2.75) is 18.4 Å². The minimum absolute atomic E-state index is 0.109. The van der Waals surface area contributed by atoms with E-state index >= 15 is 0 Å². The van der Waals surface area contributed by atoms with E-state index in [0.717, 1.165) is 13.0 Å². The third kappa shape index (κ3) is 1.63. The fourth-order valence-electron chi connectivity index (χ4n) is 1.89. The van der Waals surface area contributed by atoms with Crippen LogP contribution in [0.2, 0.25) is 0 Å². The molecule has 1 aromatic carbocycles. The summed E-state index contributed by atoms with van der Waals surface area (Å²) in [5.41, 5.74) is 1.24. The van der Waals surface area contributed by atoms with Crippen LogP contribution in [0.25, 0.3) is 0 Å². The summed E-state index contributed by atoms with van der Waals surface area (Å²) in [6.45, 7) is 0.916. The second kappa shape index (κ2) is 3.71. The number of rotatable bonds is 2. The largest absolute Gasteiger partial charge is 0.307 e. The lowest BCUT2D eigenvalue weighted by molar-refractivity contribution is 0.523. The molecular weight excluding hydrogens is 162 g/mol. The lowest BCUT2D eigenvalue weighted by Crippen LogP contribution is -2.27. The maximum atomic E-state index is 10.6. The van der Waals surface area contributed by atoms with Crippen molar-refractivity contribution >= 4 is 6.29 Å². The van der Waals surface area contributed by atoms with Crippen molar-refractivity contribution in [2.24, 2.45) is 0 Å². The van der Waals surface area contributed by atoms with Gasteiger partial charge in [0.05, 0.1) is 6.04 Å². The van der Waals surface area contributed by atoms with Gasteiger partial charge in [-0.3, -0.25) is 4.79 Å². The van der Waals surface area contributed by atoms with Crippen LogP contribution < -0.4 is 5.32 Å². The standard InChI is InChI=1S/C11H12NO/c13-8-11-10(6-7-12-11)9-4-2-1-3-5-9/h1-5,10-12H,6-7H2/t10-,11-/m0/s1. The third-order valence-electron chi connectivity index (χ3n) is 2.58. The first-order chi connectivity index (χ1) is 6.42. The van der Waals surface area contributed by atoms with Crippen LogP contribution in [0.15, 0.2) is 30.3 Å². The Morgan fingerprint density at radius 3 is 2.77 bits per heavy atom. The van der Waals surface area contributed by atoms with E-state index in [9.17, 15) is 4.79 Å².